The number of rotatable bonds is 46. The summed E-state index contributed by atoms with van der Waals surface area (Å²) in [4.78, 5) is 2.35. The van der Waals surface area contributed by atoms with Crippen molar-refractivity contribution in [3.05, 3.63) is 0 Å². The minimum atomic E-state index is -2.68. The topological polar surface area (TPSA) is 123 Å². The van der Waals surface area contributed by atoms with Gasteiger partial charge in [0.1, 0.15) is 0 Å². The van der Waals surface area contributed by atoms with E-state index < -0.39 is 8.80 Å². The van der Waals surface area contributed by atoms with Crippen LogP contribution in [0.4, 0.5) is 0 Å². The molecule has 0 aromatic heterocycles. The second-order valence-corrected chi connectivity index (χ2v) is 14.5. The van der Waals surface area contributed by atoms with Gasteiger partial charge in [-0.15, -0.1) is 0 Å². The fourth-order valence-corrected chi connectivity index (χ4v) is 7.29. The first-order chi connectivity index (χ1) is 25.7. The molecular weight excluding hydrogens is 694 g/mol. The number of hydrogen-bond acceptors (Lipinski definition) is 14. The second-order valence-electron chi connectivity index (χ2n) is 11.8. The molecule has 0 saturated heterocycles. The van der Waals surface area contributed by atoms with Gasteiger partial charge in [-0.25, -0.2) is 0 Å². The molecular formula is C37H79NO13Si. The molecule has 0 fully saturated rings. The minimum Gasteiger partial charge on any atom is -0.379 e. The van der Waals surface area contributed by atoms with Crippen LogP contribution in [0.5, 0.6) is 0 Å². The predicted octanol–water partition coefficient (Wildman–Crippen LogP) is 4.49. The van der Waals surface area contributed by atoms with Gasteiger partial charge < -0.3 is 60.6 Å². The van der Waals surface area contributed by atoms with Gasteiger partial charge in [-0.3, -0.25) is 4.90 Å². The summed E-state index contributed by atoms with van der Waals surface area (Å²) in [6.45, 7) is 26.1. The van der Waals surface area contributed by atoms with Gasteiger partial charge in [0.25, 0.3) is 0 Å². The third-order valence-electron chi connectivity index (χ3n) is 7.41. The number of unbranched alkanes of at least 4 members (excludes halogenated alkanes) is 2. The normalized spacial score (nSPS) is 12.1. The largest absolute Gasteiger partial charge is 0.500 e. The Morgan fingerprint density at radius 1 is 0.308 bits per heavy atom. The molecule has 0 amide bonds. The summed E-state index contributed by atoms with van der Waals surface area (Å²) in [5.74, 6) is 0. The van der Waals surface area contributed by atoms with E-state index >= 15 is 0 Å². The molecule has 52 heavy (non-hydrogen) atoms. The zero-order valence-corrected chi connectivity index (χ0v) is 34.9. The molecule has 0 saturated carbocycles. The molecule has 0 rings (SSSR count). The highest BCUT2D eigenvalue weighted by Crippen LogP contribution is 2.18. The molecule has 0 N–H and O–H groups in total. The molecule has 0 radical (unpaired) electrons. The third kappa shape index (κ3) is 36.6. The summed E-state index contributed by atoms with van der Waals surface area (Å²) in [6.07, 6.45) is 5.36. The smallest absolute Gasteiger partial charge is 0.379 e. The fourth-order valence-electron chi connectivity index (χ4n) is 4.70. The second kappa shape index (κ2) is 43.4. The van der Waals surface area contributed by atoms with Crippen molar-refractivity contribution >= 4 is 8.80 Å². The van der Waals surface area contributed by atoms with Gasteiger partial charge in [-0.05, 0) is 46.6 Å². The van der Waals surface area contributed by atoms with Gasteiger partial charge in [-0.2, -0.15) is 0 Å². The Kier molecular flexibility index (Phi) is 43.1. The first-order valence-corrected chi connectivity index (χ1v) is 22.0. The van der Waals surface area contributed by atoms with E-state index in [0.29, 0.717) is 139 Å². The van der Waals surface area contributed by atoms with E-state index in [1.165, 1.54) is 0 Å². The Morgan fingerprint density at radius 2 is 0.577 bits per heavy atom. The van der Waals surface area contributed by atoms with E-state index in [1.807, 2.05) is 20.8 Å². The summed E-state index contributed by atoms with van der Waals surface area (Å²) in [5, 5.41) is 0. The van der Waals surface area contributed by atoms with Crippen molar-refractivity contribution in [2.75, 3.05) is 172 Å². The van der Waals surface area contributed by atoms with Gasteiger partial charge in [0.2, 0.25) is 0 Å². The zero-order valence-electron chi connectivity index (χ0n) is 33.9. The van der Waals surface area contributed by atoms with Gasteiger partial charge in [-0.1, -0.05) is 26.7 Å². The average molecular weight is 774 g/mol. The van der Waals surface area contributed by atoms with Crippen molar-refractivity contribution in [1.82, 2.24) is 4.90 Å². The lowest BCUT2D eigenvalue weighted by Gasteiger charge is -2.29. The lowest BCUT2D eigenvalue weighted by Crippen LogP contribution is -2.46. The standard InChI is InChI=1S/C37H79NO13Si/c1-6-11-17-39-21-25-43-29-33-47-35-31-45-27-23-41-19-15-38(14-13-37-52(49-8-3,50-9-4)51-10-5)16-20-42-24-28-46-32-36-48-34-30-44-26-22-40-18-12-7-2/h6-37H2,1-5H3. The number of nitrogens with zero attached hydrogens (tertiary/aromatic N) is 1. The molecule has 15 heteroatoms. The van der Waals surface area contributed by atoms with Crippen molar-refractivity contribution < 1.29 is 60.6 Å². The zero-order chi connectivity index (χ0) is 37.9. The van der Waals surface area contributed by atoms with Crippen LogP contribution < -0.4 is 0 Å². The molecule has 0 atom stereocenters. The van der Waals surface area contributed by atoms with Crippen molar-refractivity contribution in [1.29, 1.82) is 0 Å². The maximum Gasteiger partial charge on any atom is 0.500 e. The van der Waals surface area contributed by atoms with Gasteiger partial charge in [0.05, 0.1) is 119 Å². The van der Waals surface area contributed by atoms with Crippen LogP contribution >= 0.6 is 0 Å². The highest BCUT2D eigenvalue weighted by molar-refractivity contribution is 6.60. The lowest BCUT2D eigenvalue weighted by atomic mass is 10.4. The van der Waals surface area contributed by atoms with E-state index in [4.69, 9.17) is 60.6 Å². The van der Waals surface area contributed by atoms with E-state index in [-0.39, 0.29) is 0 Å². The first-order valence-electron chi connectivity index (χ1n) is 20.1. The molecule has 0 heterocycles. The number of ether oxygens (including phenoxy) is 10. The SMILES string of the molecule is CCCCOCCOCCOCCOCCOCCN(CCC[Si](OCC)(OCC)OCC)CCOCCOCCOCCOCCOCCCC. The van der Waals surface area contributed by atoms with Crippen LogP contribution in [0.2, 0.25) is 6.04 Å². The molecule has 0 aromatic rings. The minimum absolute atomic E-state index is 0.525. The Labute approximate surface area is 318 Å². The molecule has 0 aliphatic rings. The molecule has 314 valence electrons. The maximum absolute atomic E-state index is 6.05. The van der Waals surface area contributed by atoms with Crippen molar-refractivity contribution in [3.8, 4) is 0 Å². The van der Waals surface area contributed by atoms with Crippen LogP contribution in [-0.4, -0.2) is 185 Å². The summed E-state index contributed by atoms with van der Waals surface area (Å²) in [7, 11) is -2.68. The van der Waals surface area contributed by atoms with E-state index in [1.54, 1.807) is 0 Å². The molecule has 0 aliphatic carbocycles. The Bertz CT molecular complexity index is 620. The summed E-state index contributed by atoms with van der Waals surface area (Å²) in [6, 6.07) is 0.770. The van der Waals surface area contributed by atoms with Gasteiger partial charge in [0.15, 0.2) is 0 Å². The van der Waals surface area contributed by atoms with Crippen molar-refractivity contribution in [2.24, 2.45) is 0 Å². The third-order valence-corrected chi connectivity index (χ3v) is 10.6. The van der Waals surface area contributed by atoms with Crippen LogP contribution in [0.1, 0.15) is 66.7 Å². The summed E-state index contributed by atoms with van der Waals surface area (Å²) in [5.41, 5.74) is 0. The number of hydrogen-bond donors (Lipinski definition) is 0. The molecule has 0 aromatic carbocycles. The van der Waals surface area contributed by atoms with E-state index in [0.717, 1.165) is 71.0 Å². The monoisotopic (exact) mass is 774 g/mol. The maximum atomic E-state index is 6.05. The Morgan fingerprint density at radius 3 is 0.846 bits per heavy atom. The van der Waals surface area contributed by atoms with E-state index in [9.17, 15) is 0 Å². The van der Waals surface area contributed by atoms with Crippen LogP contribution in [0.25, 0.3) is 0 Å². The highest BCUT2D eigenvalue weighted by Gasteiger charge is 2.39. The van der Waals surface area contributed by atoms with Crippen LogP contribution in [0.3, 0.4) is 0 Å². The average Bonchev–Trinajstić information content (AvgIpc) is 3.14. The highest BCUT2D eigenvalue weighted by atomic mass is 28.4. The lowest BCUT2D eigenvalue weighted by molar-refractivity contribution is -0.0154. The molecule has 0 unspecified atom stereocenters. The quantitative estimate of drug-likeness (QED) is 0.0638. The first kappa shape index (κ1) is 51.7. The molecule has 0 aliphatic heterocycles. The predicted molar refractivity (Wildman–Crippen MR) is 205 cm³/mol. The van der Waals surface area contributed by atoms with Crippen molar-refractivity contribution in [3.63, 3.8) is 0 Å². The molecule has 0 spiro atoms. The molecule has 0 bridgehead atoms. The van der Waals surface area contributed by atoms with Gasteiger partial charge >= 0.3 is 8.80 Å². The van der Waals surface area contributed by atoms with E-state index in [2.05, 4.69) is 18.7 Å². The molecule has 14 nitrogen and oxygen atoms in total. The summed E-state index contributed by atoms with van der Waals surface area (Å²) >= 11 is 0. The Hall–Kier alpha value is -0.343. The summed E-state index contributed by atoms with van der Waals surface area (Å²) < 4.78 is 74.3. The van der Waals surface area contributed by atoms with Crippen molar-refractivity contribution in [2.45, 2.75) is 72.8 Å². The van der Waals surface area contributed by atoms with Gasteiger partial charge in [0, 0.05) is 52.2 Å². The fraction of sp³-hybridized carbons (Fsp3) is 1.00. The van der Waals surface area contributed by atoms with Crippen LogP contribution in [0, 0.1) is 0 Å². The van der Waals surface area contributed by atoms with Crippen LogP contribution in [0.15, 0.2) is 0 Å². The Balaban J connectivity index is 4.15. The van der Waals surface area contributed by atoms with Crippen LogP contribution in [-0.2, 0) is 60.6 Å².